The third kappa shape index (κ3) is 2.93. The molecular weight excluding hydrogens is 348 g/mol. The maximum absolute atomic E-state index is 12.9. The molecule has 3 saturated heterocycles. The number of fused-ring (bicyclic) bond motifs is 2. The fourth-order valence-electron chi connectivity index (χ4n) is 5.18. The molecule has 0 aromatic carbocycles. The Bertz CT molecular complexity index is 726. The molecule has 0 aliphatic carbocycles. The fourth-order valence-corrected chi connectivity index (χ4v) is 5.18. The Hall–Kier alpha value is -2.00. The Balaban J connectivity index is 1.46. The summed E-state index contributed by atoms with van der Waals surface area (Å²) in [5, 5.41) is 4.12. The van der Waals surface area contributed by atoms with Crippen molar-refractivity contribution in [3.05, 3.63) is 12.2 Å². The Morgan fingerprint density at radius 3 is 2.67 bits per heavy atom. The SMILES string of the molecule is COCCN1CC2C(=O)N(C)C3(CCN(C(=O)c4ncn(C)n4)CC3)C2C1. The van der Waals surface area contributed by atoms with Crippen molar-refractivity contribution in [2.24, 2.45) is 18.9 Å². The summed E-state index contributed by atoms with van der Waals surface area (Å²) in [7, 11) is 5.40. The van der Waals surface area contributed by atoms with Gasteiger partial charge in [0.15, 0.2) is 0 Å². The lowest BCUT2D eigenvalue weighted by Gasteiger charge is -2.46. The van der Waals surface area contributed by atoms with Crippen LogP contribution in [0.25, 0.3) is 0 Å². The Kier molecular flexibility index (Phi) is 4.67. The first-order valence-electron chi connectivity index (χ1n) is 9.60. The van der Waals surface area contributed by atoms with Crippen LogP contribution in [0.4, 0.5) is 0 Å². The molecule has 27 heavy (non-hydrogen) atoms. The van der Waals surface area contributed by atoms with Crippen LogP contribution in [0, 0.1) is 11.8 Å². The van der Waals surface area contributed by atoms with E-state index < -0.39 is 0 Å². The summed E-state index contributed by atoms with van der Waals surface area (Å²) < 4.78 is 6.74. The zero-order valence-corrected chi connectivity index (χ0v) is 16.3. The number of hydrogen-bond donors (Lipinski definition) is 0. The molecule has 4 rings (SSSR count). The molecule has 0 radical (unpaired) electrons. The van der Waals surface area contributed by atoms with Crippen molar-refractivity contribution in [2.75, 3.05) is 53.5 Å². The van der Waals surface area contributed by atoms with Crippen molar-refractivity contribution in [2.45, 2.75) is 18.4 Å². The molecule has 0 N–H and O–H groups in total. The number of carbonyl (C=O) groups excluding carboxylic acids is 2. The molecule has 0 saturated carbocycles. The molecule has 2 atom stereocenters. The second-order valence-electron chi connectivity index (χ2n) is 8.00. The van der Waals surface area contributed by atoms with E-state index in [1.807, 2.05) is 16.8 Å². The second-order valence-corrected chi connectivity index (χ2v) is 8.00. The predicted octanol–water partition coefficient (Wildman–Crippen LogP) is -0.544. The number of aromatic nitrogens is 3. The Morgan fingerprint density at radius 1 is 1.30 bits per heavy atom. The van der Waals surface area contributed by atoms with Gasteiger partial charge in [-0.05, 0) is 12.8 Å². The van der Waals surface area contributed by atoms with E-state index in [4.69, 9.17) is 4.74 Å². The molecule has 1 spiro atoms. The number of rotatable bonds is 4. The number of carbonyl (C=O) groups is 2. The lowest BCUT2D eigenvalue weighted by Crippen LogP contribution is -2.56. The zero-order valence-electron chi connectivity index (χ0n) is 16.3. The fraction of sp³-hybridized carbons (Fsp3) is 0.778. The van der Waals surface area contributed by atoms with Crippen LogP contribution < -0.4 is 0 Å². The third-order valence-corrected chi connectivity index (χ3v) is 6.72. The summed E-state index contributed by atoms with van der Waals surface area (Å²) in [5.74, 6) is 0.783. The standard InChI is InChI=1S/C18H28N6O3/c1-21-12-19-15(20-21)17(26)24-6-4-18(5-7-24)14-11-23(8-9-27-3)10-13(14)16(25)22(18)2/h12-14H,4-11H2,1-3H3. The number of hydrogen-bond acceptors (Lipinski definition) is 6. The molecule has 3 fully saturated rings. The summed E-state index contributed by atoms with van der Waals surface area (Å²) in [5.41, 5.74) is -0.141. The minimum atomic E-state index is -0.141. The average molecular weight is 376 g/mol. The summed E-state index contributed by atoms with van der Waals surface area (Å²) in [6.45, 7) is 4.58. The van der Waals surface area contributed by atoms with Gasteiger partial charge in [0, 0.05) is 59.8 Å². The van der Waals surface area contributed by atoms with Crippen LogP contribution in [0.2, 0.25) is 0 Å². The number of ether oxygens (including phenoxy) is 1. The van der Waals surface area contributed by atoms with E-state index in [0.717, 1.165) is 32.5 Å². The van der Waals surface area contributed by atoms with E-state index >= 15 is 0 Å². The summed E-state index contributed by atoms with van der Waals surface area (Å²) >= 11 is 0. The van der Waals surface area contributed by atoms with E-state index in [1.165, 1.54) is 0 Å². The van der Waals surface area contributed by atoms with Crippen LogP contribution in [-0.2, 0) is 16.6 Å². The molecule has 3 aliphatic rings. The topological polar surface area (TPSA) is 83.8 Å². The van der Waals surface area contributed by atoms with Gasteiger partial charge in [-0.2, -0.15) is 0 Å². The highest BCUT2D eigenvalue weighted by molar-refractivity contribution is 5.90. The van der Waals surface area contributed by atoms with Crippen LogP contribution in [0.1, 0.15) is 23.5 Å². The predicted molar refractivity (Wildman–Crippen MR) is 96.9 cm³/mol. The van der Waals surface area contributed by atoms with E-state index in [0.29, 0.717) is 25.6 Å². The lowest BCUT2D eigenvalue weighted by molar-refractivity contribution is -0.133. The first kappa shape index (κ1) is 18.4. The molecule has 0 bridgehead atoms. The van der Waals surface area contributed by atoms with Crippen LogP contribution in [-0.4, -0.2) is 100 Å². The van der Waals surface area contributed by atoms with Crippen LogP contribution in [0.5, 0.6) is 0 Å². The molecule has 9 heteroatoms. The summed E-state index contributed by atoms with van der Waals surface area (Å²) in [4.78, 5) is 35.8. The first-order chi connectivity index (χ1) is 13.0. The van der Waals surface area contributed by atoms with Gasteiger partial charge in [0.2, 0.25) is 11.7 Å². The highest BCUT2D eigenvalue weighted by Crippen LogP contribution is 2.48. The van der Waals surface area contributed by atoms with Crippen molar-refractivity contribution in [1.29, 1.82) is 0 Å². The minimum Gasteiger partial charge on any atom is -0.383 e. The molecule has 2 amide bonds. The zero-order chi connectivity index (χ0) is 19.2. The number of amides is 2. The molecule has 3 aliphatic heterocycles. The van der Waals surface area contributed by atoms with Crippen molar-refractivity contribution < 1.29 is 14.3 Å². The highest BCUT2D eigenvalue weighted by Gasteiger charge is 2.60. The van der Waals surface area contributed by atoms with Gasteiger partial charge in [0.05, 0.1) is 18.1 Å². The molecule has 148 valence electrons. The van der Waals surface area contributed by atoms with Gasteiger partial charge < -0.3 is 14.5 Å². The molecule has 1 aromatic heterocycles. The van der Waals surface area contributed by atoms with Gasteiger partial charge in [0.1, 0.15) is 6.33 Å². The number of aryl methyl sites for hydroxylation is 1. The molecule has 2 unspecified atom stereocenters. The van der Waals surface area contributed by atoms with Crippen LogP contribution in [0.3, 0.4) is 0 Å². The molecule has 4 heterocycles. The number of piperidine rings is 1. The quantitative estimate of drug-likeness (QED) is 0.702. The first-order valence-corrected chi connectivity index (χ1v) is 9.60. The van der Waals surface area contributed by atoms with Gasteiger partial charge in [-0.25, -0.2) is 4.98 Å². The maximum Gasteiger partial charge on any atom is 0.293 e. The Morgan fingerprint density at radius 2 is 2.04 bits per heavy atom. The van der Waals surface area contributed by atoms with Crippen molar-refractivity contribution in [3.8, 4) is 0 Å². The largest absolute Gasteiger partial charge is 0.383 e. The van der Waals surface area contributed by atoms with E-state index in [9.17, 15) is 9.59 Å². The van der Waals surface area contributed by atoms with Crippen molar-refractivity contribution in [1.82, 2.24) is 29.5 Å². The average Bonchev–Trinajstić information content (AvgIpc) is 3.34. The van der Waals surface area contributed by atoms with Gasteiger partial charge >= 0.3 is 0 Å². The van der Waals surface area contributed by atoms with Gasteiger partial charge in [-0.15, -0.1) is 5.10 Å². The van der Waals surface area contributed by atoms with Gasteiger partial charge in [-0.1, -0.05) is 0 Å². The highest BCUT2D eigenvalue weighted by atomic mass is 16.5. The molecule has 1 aromatic rings. The summed E-state index contributed by atoms with van der Waals surface area (Å²) in [6, 6.07) is 0. The van der Waals surface area contributed by atoms with Crippen molar-refractivity contribution >= 4 is 11.8 Å². The number of methoxy groups -OCH3 is 1. The van der Waals surface area contributed by atoms with Crippen LogP contribution >= 0.6 is 0 Å². The third-order valence-electron chi connectivity index (χ3n) is 6.72. The van der Waals surface area contributed by atoms with Crippen molar-refractivity contribution in [3.63, 3.8) is 0 Å². The summed E-state index contributed by atoms with van der Waals surface area (Å²) in [6.07, 6.45) is 3.17. The monoisotopic (exact) mass is 376 g/mol. The van der Waals surface area contributed by atoms with E-state index in [2.05, 4.69) is 15.0 Å². The second kappa shape index (κ2) is 6.87. The number of nitrogens with zero attached hydrogens (tertiary/aromatic N) is 6. The van der Waals surface area contributed by atoms with Gasteiger partial charge in [-0.3, -0.25) is 19.2 Å². The lowest BCUT2D eigenvalue weighted by atomic mass is 9.75. The minimum absolute atomic E-state index is 0.0755. The molecular formula is C18H28N6O3. The van der Waals surface area contributed by atoms with Crippen LogP contribution in [0.15, 0.2) is 6.33 Å². The van der Waals surface area contributed by atoms with E-state index in [-0.39, 0.29) is 29.1 Å². The normalized spacial score (nSPS) is 27.6. The van der Waals surface area contributed by atoms with Gasteiger partial charge in [0.25, 0.3) is 5.91 Å². The number of likely N-dealkylation sites (tertiary alicyclic amines) is 3. The molecule has 9 nitrogen and oxygen atoms in total. The Labute approximate surface area is 159 Å². The smallest absolute Gasteiger partial charge is 0.293 e. The van der Waals surface area contributed by atoms with E-state index in [1.54, 1.807) is 25.2 Å². The maximum atomic E-state index is 12.9.